The quantitative estimate of drug-likeness (QED) is 0.295. The Hall–Kier alpha value is -3.39. The number of hydrogen-bond donors (Lipinski definition) is 2. The Morgan fingerprint density at radius 2 is 2.00 bits per heavy atom. The molecule has 0 amide bonds. The van der Waals surface area contributed by atoms with E-state index in [4.69, 9.17) is 4.42 Å². The molecule has 0 unspecified atom stereocenters. The number of hydrogen-bond acceptors (Lipinski definition) is 7. The minimum absolute atomic E-state index is 0.0369. The molecular formula is C21H18N2O5S. The lowest BCUT2D eigenvalue weighted by atomic mass is 9.99. The molecule has 2 N–H and O–H groups in total. The van der Waals surface area contributed by atoms with Gasteiger partial charge in [0.25, 0.3) is 0 Å². The van der Waals surface area contributed by atoms with Gasteiger partial charge in [-0.15, -0.1) is 0 Å². The third-order valence-corrected chi connectivity index (χ3v) is 5.22. The van der Waals surface area contributed by atoms with E-state index in [1.165, 1.54) is 6.07 Å². The van der Waals surface area contributed by atoms with Crippen LogP contribution in [0.4, 0.5) is 5.69 Å². The molecule has 0 bridgehead atoms. The van der Waals surface area contributed by atoms with Gasteiger partial charge in [0.15, 0.2) is 11.2 Å². The Kier molecular flexibility index (Phi) is 4.94. The van der Waals surface area contributed by atoms with E-state index in [-0.39, 0.29) is 24.0 Å². The van der Waals surface area contributed by atoms with Gasteiger partial charge in [0.2, 0.25) is 15.7 Å². The van der Waals surface area contributed by atoms with Crippen LogP contribution >= 0.6 is 0 Å². The number of nitrogens with one attached hydrogen (secondary N) is 1. The summed E-state index contributed by atoms with van der Waals surface area (Å²) in [5.41, 5.74) is 2.55. The Morgan fingerprint density at radius 1 is 1.21 bits per heavy atom. The van der Waals surface area contributed by atoms with E-state index in [1.54, 1.807) is 12.1 Å². The van der Waals surface area contributed by atoms with Crippen LogP contribution in [0.5, 0.6) is 5.75 Å². The molecule has 0 atom stereocenters. The maximum absolute atomic E-state index is 13.1. The van der Waals surface area contributed by atoms with Crippen molar-refractivity contribution in [2.24, 2.45) is 0 Å². The number of fused-ring (bicyclic) bond motifs is 4. The molecule has 1 aromatic heterocycles. The van der Waals surface area contributed by atoms with Gasteiger partial charge in [0.05, 0.1) is 5.69 Å². The third kappa shape index (κ3) is 3.42. The van der Waals surface area contributed by atoms with Gasteiger partial charge in [-0.1, -0.05) is 12.1 Å². The van der Waals surface area contributed by atoms with Crippen LogP contribution in [-0.2, 0) is 16.7 Å². The first kappa shape index (κ1) is 18.9. The van der Waals surface area contributed by atoms with Crippen LogP contribution in [0, 0.1) is 0 Å². The number of rotatable bonds is 5. The van der Waals surface area contributed by atoms with E-state index in [2.05, 4.69) is 10.3 Å². The average Bonchev–Trinajstić information content (AvgIpc) is 2.69. The summed E-state index contributed by atoms with van der Waals surface area (Å²) in [4.78, 5) is 17.8. The smallest absolute Gasteiger partial charge is 0.209 e. The van der Waals surface area contributed by atoms with Crippen molar-refractivity contribution >= 4 is 54.3 Å². The number of para-hydroxylation sites is 2. The Labute approximate surface area is 167 Å². The number of aromatic nitrogens is 1. The first-order chi connectivity index (χ1) is 14.0. The van der Waals surface area contributed by atoms with Crippen molar-refractivity contribution in [3.8, 4) is 5.75 Å². The predicted octanol–water partition coefficient (Wildman–Crippen LogP) is 3.25. The van der Waals surface area contributed by atoms with Gasteiger partial charge < -0.3 is 14.8 Å². The summed E-state index contributed by atoms with van der Waals surface area (Å²) in [6, 6.07) is 10.4. The van der Waals surface area contributed by atoms with Gasteiger partial charge in [-0.25, -0.2) is 4.98 Å². The van der Waals surface area contributed by atoms with Gasteiger partial charge in [-0.05, 0) is 38.0 Å². The maximum atomic E-state index is 13.1. The molecular weight excluding hydrogens is 392 g/mol. The van der Waals surface area contributed by atoms with Crippen LogP contribution in [0.3, 0.4) is 0 Å². The lowest BCUT2D eigenvalue weighted by Gasteiger charge is -2.13. The van der Waals surface area contributed by atoms with Gasteiger partial charge in [-0.3, -0.25) is 4.79 Å². The molecule has 0 spiro atoms. The van der Waals surface area contributed by atoms with Crippen molar-refractivity contribution in [2.45, 2.75) is 19.8 Å². The standard InChI is InChI=1S/C21H18N2O5S/c1-2-22-20-18-13(10-12(21(20)25)6-5-9-29(26)27)15(24)11-17-19(18)23-14-7-3-4-8-16(14)28-17/h3-4,7-11,22,24H,2,5-6H2,1H3. The van der Waals surface area contributed by atoms with Crippen molar-refractivity contribution in [2.75, 3.05) is 11.9 Å². The molecule has 1 heterocycles. The molecule has 0 aliphatic carbocycles. The molecule has 4 rings (SSSR count). The Morgan fingerprint density at radius 3 is 2.76 bits per heavy atom. The van der Waals surface area contributed by atoms with Gasteiger partial charge in [0.1, 0.15) is 16.8 Å². The molecule has 0 saturated carbocycles. The highest BCUT2D eigenvalue weighted by Gasteiger charge is 2.18. The van der Waals surface area contributed by atoms with Crippen LogP contribution in [0.1, 0.15) is 18.9 Å². The van der Waals surface area contributed by atoms with E-state index < -0.39 is 10.3 Å². The van der Waals surface area contributed by atoms with Crippen molar-refractivity contribution in [1.82, 2.24) is 4.98 Å². The van der Waals surface area contributed by atoms with E-state index >= 15 is 0 Å². The number of phenolic OH excluding ortho intramolecular Hbond substituents is 1. The number of anilines is 1. The fraction of sp³-hybridized carbons (Fsp3) is 0.190. The third-order valence-electron chi connectivity index (χ3n) is 4.71. The molecule has 8 heteroatoms. The van der Waals surface area contributed by atoms with Crippen LogP contribution in [0.25, 0.3) is 33.0 Å². The average molecular weight is 410 g/mol. The van der Waals surface area contributed by atoms with E-state index in [1.807, 2.05) is 25.1 Å². The SMILES string of the molecule is CCNc1c(=O)c(CCC=S(=O)=O)cc2c(O)cc3oc4ccccc4nc3c12. The molecule has 3 aromatic carbocycles. The molecule has 7 nitrogen and oxygen atoms in total. The Balaban J connectivity index is 2.08. The lowest BCUT2D eigenvalue weighted by molar-refractivity contribution is 0.481. The van der Waals surface area contributed by atoms with E-state index in [0.29, 0.717) is 50.8 Å². The molecule has 0 aliphatic heterocycles. The first-order valence-electron chi connectivity index (χ1n) is 9.16. The van der Waals surface area contributed by atoms with Gasteiger partial charge in [0, 0.05) is 34.3 Å². The van der Waals surface area contributed by atoms with Crippen molar-refractivity contribution in [3.63, 3.8) is 0 Å². The lowest BCUT2D eigenvalue weighted by Crippen LogP contribution is -2.16. The monoisotopic (exact) mass is 410 g/mol. The minimum Gasteiger partial charge on any atom is -0.507 e. The van der Waals surface area contributed by atoms with E-state index in [9.17, 15) is 18.3 Å². The number of phenols is 1. The summed E-state index contributed by atoms with van der Waals surface area (Å²) in [6.45, 7) is 2.36. The zero-order chi connectivity index (χ0) is 20.5. The first-order valence-corrected chi connectivity index (χ1v) is 10.3. The van der Waals surface area contributed by atoms with Crippen molar-refractivity contribution in [3.05, 3.63) is 52.2 Å². The highest BCUT2D eigenvalue weighted by molar-refractivity contribution is 7.71. The fourth-order valence-corrected chi connectivity index (χ4v) is 3.78. The minimum atomic E-state index is -2.28. The van der Waals surface area contributed by atoms with Crippen molar-refractivity contribution in [1.29, 1.82) is 0 Å². The highest BCUT2D eigenvalue weighted by Crippen LogP contribution is 2.36. The van der Waals surface area contributed by atoms with Crippen LogP contribution in [0.15, 0.2) is 45.6 Å². The highest BCUT2D eigenvalue weighted by atomic mass is 32.2. The normalized spacial score (nSPS) is 11.2. The topological polar surface area (TPSA) is 110 Å². The summed E-state index contributed by atoms with van der Waals surface area (Å²) in [6.07, 6.45) is 0.448. The second-order valence-corrected chi connectivity index (χ2v) is 7.44. The Bertz CT molecular complexity index is 1450. The molecule has 29 heavy (non-hydrogen) atoms. The molecule has 0 fully saturated rings. The summed E-state index contributed by atoms with van der Waals surface area (Å²) in [5, 5.41) is 15.8. The summed E-state index contributed by atoms with van der Waals surface area (Å²) < 4.78 is 27.4. The van der Waals surface area contributed by atoms with Crippen LogP contribution < -0.4 is 10.7 Å². The van der Waals surface area contributed by atoms with Crippen LogP contribution in [0.2, 0.25) is 0 Å². The summed E-state index contributed by atoms with van der Waals surface area (Å²) in [7, 11) is -2.28. The van der Waals surface area contributed by atoms with Gasteiger partial charge >= 0.3 is 0 Å². The number of benzene rings is 3. The van der Waals surface area contributed by atoms with E-state index in [0.717, 1.165) is 5.37 Å². The summed E-state index contributed by atoms with van der Waals surface area (Å²) in [5.74, 6) is -0.0369. The maximum Gasteiger partial charge on any atom is 0.209 e. The fourth-order valence-electron chi connectivity index (χ4n) is 3.47. The number of aromatic hydroxyl groups is 1. The molecule has 4 aromatic rings. The summed E-state index contributed by atoms with van der Waals surface area (Å²) >= 11 is 0. The largest absolute Gasteiger partial charge is 0.507 e. The van der Waals surface area contributed by atoms with Crippen LogP contribution in [-0.4, -0.2) is 30.4 Å². The second kappa shape index (κ2) is 7.56. The zero-order valence-electron chi connectivity index (χ0n) is 15.6. The zero-order valence-corrected chi connectivity index (χ0v) is 16.4. The molecule has 0 radical (unpaired) electrons. The molecule has 148 valence electrons. The number of nitrogens with zero attached hydrogens (tertiary/aromatic N) is 1. The number of aryl methyl sites for hydroxylation is 1. The van der Waals surface area contributed by atoms with Crippen molar-refractivity contribution < 1.29 is 17.9 Å². The predicted molar refractivity (Wildman–Crippen MR) is 114 cm³/mol. The second-order valence-electron chi connectivity index (χ2n) is 6.58. The molecule has 0 aliphatic rings. The molecule has 0 saturated heterocycles. The van der Waals surface area contributed by atoms with Gasteiger partial charge in [-0.2, -0.15) is 8.42 Å².